The average Bonchev–Trinajstić information content (AvgIpc) is 3.22. The number of carboxylic acid groups (broad SMARTS) is 1. The first kappa shape index (κ1) is 19.2. The number of carbonyl (C=O) groups is 1. The SMILES string of the molecule is CCCC(C(=O)O)C(CC=CCC12CCC(CC1)C2)c1ccc(C)cc1. The van der Waals surface area contributed by atoms with Gasteiger partial charge in [-0.3, -0.25) is 4.79 Å². The van der Waals surface area contributed by atoms with Crippen LogP contribution in [0.2, 0.25) is 0 Å². The minimum Gasteiger partial charge on any atom is -0.481 e. The molecule has 2 fully saturated rings. The van der Waals surface area contributed by atoms with Crippen molar-refractivity contribution in [1.29, 1.82) is 0 Å². The molecule has 26 heavy (non-hydrogen) atoms. The number of rotatable bonds is 9. The molecule has 0 saturated heterocycles. The van der Waals surface area contributed by atoms with E-state index in [9.17, 15) is 9.90 Å². The first-order valence-corrected chi connectivity index (χ1v) is 10.5. The van der Waals surface area contributed by atoms with Gasteiger partial charge in [-0.05, 0) is 75.2 Å². The molecule has 2 nitrogen and oxygen atoms in total. The van der Waals surface area contributed by atoms with E-state index in [0.29, 0.717) is 5.41 Å². The predicted octanol–water partition coefficient (Wildman–Crippen LogP) is 6.50. The van der Waals surface area contributed by atoms with Gasteiger partial charge in [-0.25, -0.2) is 0 Å². The highest BCUT2D eigenvalue weighted by molar-refractivity contribution is 5.71. The van der Waals surface area contributed by atoms with Crippen LogP contribution in [0, 0.1) is 24.2 Å². The van der Waals surface area contributed by atoms with Crippen molar-refractivity contribution in [3.8, 4) is 0 Å². The third-order valence-corrected chi connectivity index (χ3v) is 6.90. The zero-order chi connectivity index (χ0) is 18.6. The number of benzene rings is 1. The molecule has 3 rings (SSSR count). The van der Waals surface area contributed by atoms with Gasteiger partial charge in [0, 0.05) is 5.92 Å². The lowest BCUT2D eigenvalue weighted by molar-refractivity contribution is -0.142. The molecule has 1 aromatic rings. The van der Waals surface area contributed by atoms with Crippen molar-refractivity contribution in [2.75, 3.05) is 0 Å². The van der Waals surface area contributed by atoms with E-state index in [1.807, 2.05) is 0 Å². The van der Waals surface area contributed by atoms with Crippen LogP contribution in [-0.4, -0.2) is 11.1 Å². The van der Waals surface area contributed by atoms with Crippen molar-refractivity contribution in [2.45, 2.75) is 77.6 Å². The lowest BCUT2D eigenvalue weighted by Gasteiger charge is -2.25. The second-order valence-corrected chi connectivity index (χ2v) is 8.81. The van der Waals surface area contributed by atoms with Gasteiger partial charge in [-0.1, -0.05) is 55.3 Å². The quantitative estimate of drug-likeness (QED) is 0.514. The molecule has 142 valence electrons. The molecular formula is C24H34O2. The summed E-state index contributed by atoms with van der Waals surface area (Å²) in [5.74, 6) is 0.109. The van der Waals surface area contributed by atoms with Crippen LogP contribution in [0.4, 0.5) is 0 Å². The molecule has 2 saturated carbocycles. The molecular weight excluding hydrogens is 320 g/mol. The molecule has 0 aromatic heterocycles. The molecule has 2 unspecified atom stereocenters. The molecule has 2 atom stereocenters. The highest BCUT2D eigenvalue weighted by Gasteiger charge is 2.43. The van der Waals surface area contributed by atoms with Crippen molar-refractivity contribution in [3.05, 3.63) is 47.5 Å². The average molecular weight is 355 g/mol. The Bertz CT molecular complexity index is 620. The Kier molecular flexibility index (Phi) is 6.21. The summed E-state index contributed by atoms with van der Waals surface area (Å²) in [5, 5.41) is 9.78. The maximum absolute atomic E-state index is 11.9. The van der Waals surface area contributed by atoms with Crippen LogP contribution in [0.15, 0.2) is 36.4 Å². The number of aryl methyl sites for hydroxylation is 1. The van der Waals surface area contributed by atoms with E-state index in [2.05, 4.69) is 50.3 Å². The van der Waals surface area contributed by atoms with Crippen LogP contribution in [0.25, 0.3) is 0 Å². The van der Waals surface area contributed by atoms with Crippen molar-refractivity contribution in [2.24, 2.45) is 17.3 Å². The van der Waals surface area contributed by atoms with Crippen molar-refractivity contribution in [1.82, 2.24) is 0 Å². The molecule has 1 aromatic carbocycles. The molecule has 0 radical (unpaired) electrons. The fourth-order valence-electron chi connectivity index (χ4n) is 5.33. The zero-order valence-electron chi connectivity index (χ0n) is 16.4. The van der Waals surface area contributed by atoms with Crippen molar-refractivity contribution in [3.63, 3.8) is 0 Å². The van der Waals surface area contributed by atoms with Gasteiger partial charge in [0.15, 0.2) is 0 Å². The lowest BCUT2D eigenvalue weighted by atomic mass is 9.79. The monoisotopic (exact) mass is 354 g/mol. The van der Waals surface area contributed by atoms with Gasteiger partial charge in [-0.15, -0.1) is 0 Å². The summed E-state index contributed by atoms with van der Waals surface area (Å²) in [5.41, 5.74) is 2.97. The molecule has 0 amide bonds. The molecule has 2 bridgehead atoms. The van der Waals surface area contributed by atoms with E-state index in [1.54, 1.807) is 0 Å². The smallest absolute Gasteiger partial charge is 0.307 e. The standard InChI is InChI=1S/C24H34O2/c1-3-6-22(23(25)26)21(20-10-8-18(2)9-11-20)7-4-5-14-24-15-12-19(17-24)13-16-24/h4-5,8-11,19,21-22H,3,6-7,12-17H2,1-2H3,(H,25,26). The second-order valence-electron chi connectivity index (χ2n) is 8.81. The Morgan fingerprint density at radius 2 is 1.92 bits per heavy atom. The van der Waals surface area contributed by atoms with Gasteiger partial charge in [0.1, 0.15) is 0 Å². The third kappa shape index (κ3) is 4.39. The van der Waals surface area contributed by atoms with E-state index < -0.39 is 5.97 Å². The number of hydrogen-bond donors (Lipinski definition) is 1. The Morgan fingerprint density at radius 3 is 2.46 bits per heavy atom. The number of carboxylic acids is 1. The molecule has 0 heterocycles. The van der Waals surface area contributed by atoms with Crippen LogP contribution in [-0.2, 0) is 4.79 Å². The fraction of sp³-hybridized carbons (Fsp3) is 0.625. The second kappa shape index (κ2) is 8.41. The predicted molar refractivity (Wildman–Crippen MR) is 107 cm³/mol. The molecule has 0 spiro atoms. The zero-order valence-corrected chi connectivity index (χ0v) is 16.4. The largest absolute Gasteiger partial charge is 0.481 e. The summed E-state index contributed by atoms with van der Waals surface area (Å²) in [6.07, 6.45) is 15.4. The van der Waals surface area contributed by atoms with Crippen LogP contribution < -0.4 is 0 Å². The normalized spacial score (nSPS) is 27.1. The number of fused-ring (bicyclic) bond motifs is 2. The van der Waals surface area contributed by atoms with Gasteiger partial charge in [0.05, 0.1) is 5.92 Å². The number of aliphatic carboxylic acids is 1. The Morgan fingerprint density at radius 1 is 1.23 bits per heavy atom. The van der Waals surface area contributed by atoms with Gasteiger partial charge in [0.2, 0.25) is 0 Å². The number of allylic oxidation sites excluding steroid dienone is 2. The van der Waals surface area contributed by atoms with Gasteiger partial charge < -0.3 is 5.11 Å². The van der Waals surface area contributed by atoms with E-state index in [-0.39, 0.29) is 11.8 Å². The summed E-state index contributed by atoms with van der Waals surface area (Å²) < 4.78 is 0. The van der Waals surface area contributed by atoms with E-state index in [4.69, 9.17) is 0 Å². The minimum absolute atomic E-state index is 0.0710. The first-order chi connectivity index (χ1) is 12.5. The lowest BCUT2D eigenvalue weighted by Crippen LogP contribution is -2.22. The summed E-state index contributed by atoms with van der Waals surface area (Å²) in [6.45, 7) is 4.16. The van der Waals surface area contributed by atoms with Crippen molar-refractivity contribution < 1.29 is 9.90 Å². The molecule has 2 aliphatic rings. The third-order valence-electron chi connectivity index (χ3n) is 6.90. The van der Waals surface area contributed by atoms with Crippen LogP contribution >= 0.6 is 0 Å². The summed E-state index contributed by atoms with van der Waals surface area (Å²) >= 11 is 0. The first-order valence-electron chi connectivity index (χ1n) is 10.5. The van der Waals surface area contributed by atoms with E-state index in [0.717, 1.165) is 25.2 Å². The summed E-state index contributed by atoms with van der Waals surface area (Å²) in [7, 11) is 0. The van der Waals surface area contributed by atoms with Crippen LogP contribution in [0.1, 0.15) is 81.8 Å². The van der Waals surface area contributed by atoms with E-state index >= 15 is 0 Å². The Labute approximate surface area is 158 Å². The van der Waals surface area contributed by atoms with Crippen LogP contribution in [0.3, 0.4) is 0 Å². The highest BCUT2D eigenvalue weighted by Crippen LogP contribution is 2.56. The minimum atomic E-state index is -0.654. The highest BCUT2D eigenvalue weighted by atomic mass is 16.4. The maximum Gasteiger partial charge on any atom is 0.307 e. The Hall–Kier alpha value is -1.57. The van der Waals surface area contributed by atoms with Crippen LogP contribution in [0.5, 0.6) is 0 Å². The summed E-state index contributed by atoms with van der Waals surface area (Å²) in [6, 6.07) is 8.45. The van der Waals surface area contributed by atoms with Gasteiger partial charge in [0.25, 0.3) is 0 Å². The Balaban J connectivity index is 1.69. The molecule has 2 aliphatic carbocycles. The number of hydrogen-bond acceptors (Lipinski definition) is 1. The fourth-order valence-corrected chi connectivity index (χ4v) is 5.33. The molecule has 0 aliphatic heterocycles. The maximum atomic E-state index is 11.9. The van der Waals surface area contributed by atoms with E-state index in [1.165, 1.54) is 49.7 Å². The topological polar surface area (TPSA) is 37.3 Å². The van der Waals surface area contributed by atoms with Gasteiger partial charge in [-0.2, -0.15) is 0 Å². The van der Waals surface area contributed by atoms with Crippen molar-refractivity contribution >= 4 is 5.97 Å². The summed E-state index contributed by atoms with van der Waals surface area (Å²) in [4.78, 5) is 11.9. The van der Waals surface area contributed by atoms with Gasteiger partial charge >= 0.3 is 5.97 Å². The molecule has 2 heteroatoms. The molecule has 1 N–H and O–H groups in total.